The van der Waals surface area contributed by atoms with Crippen LogP contribution in [-0.2, 0) is 16.1 Å². The average molecular weight is 566 g/mol. The number of aromatic nitrogens is 1. The third-order valence-electron chi connectivity index (χ3n) is 6.64. The molecule has 1 atom stereocenters. The summed E-state index contributed by atoms with van der Waals surface area (Å²) in [4.78, 5) is 31.9. The van der Waals surface area contributed by atoms with Gasteiger partial charge in [-0.3, -0.25) is 9.36 Å². The van der Waals surface area contributed by atoms with Crippen LogP contribution in [0.5, 0.6) is 11.5 Å². The number of allylic oxidation sites excluding steroid dienone is 1. The van der Waals surface area contributed by atoms with E-state index >= 15 is 0 Å². The second kappa shape index (κ2) is 12.1. The van der Waals surface area contributed by atoms with Crippen molar-refractivity contribution in [3.63, 3.8) is 0 Å². The molecule has 8 nitrogen and oxygen atoms in total. The molecule has 0 bridgehead atoms. The molecule has 0 amide bonds. The van der Waals surface area contributed by atoms with Crippen molar-refractivity contribution in [1.82, 2.24) is 4.57 Å². The van der Waals surface area contributed by atoms with Crippen LogP contribution >= 0.6 is 11.3 Å². The summed E-state index contributed by atoms with van der Waals surface area (Å²) in [6.45, 7) is 3.93. The molecule has 2 heterocycles. The molecule has 0 radical (unpaired) electrons. The zero-order chi connectivity index (χ0) is 28.9. The van der Waals surface area contributed by atoms with Crippen LogP contribution in [0.1, 0.15) is 42.1 Å². The largest absolute Gasteiger partial charge is 0.493 e. The summed E-state index contributed by atoms with van der Waals surface area (Å²) in [7, 11) is 1.54. The van der Waals surface area contributed by atoms with Crippen LogP contribution in [0.25, 0.3) is 6.08 Å². The van der Waals surface area contributed by atoms with Gasteiger partial charge in [0.05, 0.1) is 47.2 Å². The number of fused-ring (bicyclic) bond motifs is 1. The molecule has 0 aliphatic carbocycles. The normalized spacial score (nSPS) is 14.6. The van der Waals surface area contributed by atoms with E-state index in [0.717, 1.165) is 16.7 Å². The molecule has 0 saturated carbocycles. The van der Waals surface area contributed by atoms with Crippen molar-refractivity contribution in [3.8, 4) is 17.6 Å². The highest BCUT2D eigenvalue weighted by Gasteiger charge is 2.33. The topological polar surface area (TPSA) is 103 Å². The van der Waals surface area contributed by atoms with Gasteiger partial charge in [0.1, 0.15) is 6.61 Å². The third kappa shape index (κ3) is 5.55. The highest BCUT2D eigenvalue weighted by atomic mass is 32.1. The predicted octanol–water partition coefficient (Wildman–Crippen LogP) is 4.26. The summed E-state index contributed by atoms with van der Waals surface area (Å²) >= 11 is 1.25. The lowest BCUT2D eigenvalue weighted by Crippen LogP contribution is -2.39. The van der Waals surface area contributed by atoms with Gasteiger partial charge in [-0.2, -0.15) is 5.26 Å². The first-order valence-electron chi connectivity index (χ1n) is 13.0. The van der Waals surface area contributed by atoms with E-state index in [0.29, 0.717) is 37.7 Å². The number of thiazole rings is 1. The van der Waals surface area contributed by atoms with E-state index in [1.807, 2.05) is 54.6 Å². The minimum absolute atomic E-state index is 0.208. The first-order chi connectivity index (χ1) is 19.9. The Morgan fingerprint density at radius 1 is 1.10 bits per heavy atom. The van der Waals surface area contributed by atoms with Gasteiger partial charge in [0.25, 0.3) is 5.56 Å². The summed E-state index contributed by atoms with van der Waals surface area (Å²) < 4.78 is 18.9. The first-order valence-corrected chi connectivity index (χ1v) is 13.8. The van der Waals surface area contributed by atoms with E-state index in [1.54, 1.807) is 49.8 Å². The Morgan fingerprint density at radius 2 is 1.85 bits per heavy atom. The van der Waals surface area contributed by atoms with Gasteiger partial charge in [-0.25, -0.2) is 9.79 Å². The number of benzene rings is 3. The zero-order valence-electron chi connectivity index (χ0n) is 22.8. The molecule has 9 heteroatoms. The van der Waals surface area contributed by atoms with Crippen LogP contribution in [-0.4, -0.2) is 24.3 Å². The van der Waals surface area contributed by atoms with Crippen LogP contribution in [0, 0.1) is 11.3 Å². The number of hydrogen-bond donors (Lipinski definition) is 0. The first kappa shape index (κ1) is 27.6. The van der Waals surface area contributed by atoms with Gasteiger partial charge < -0.3 is 14.2 Å². The summed E-state index contributed by atoms with van der Waals surface area (Å²) in [5, 5.41) is 9.34. The standard InChI is InChI=1S/C32H27N3O5S/c1-4-39-31(37)28-20(2)34-32-35(29(28)22-10-6-5-7-11-22)30(36)27(41-32)17-21-14-15-25(26(16-21)38-3)40-19-24-13-9-8-12-23(24)18-33/h5-17,29H,4,19H2,1-3H3/b27-17-. The molecule has 0 spiro atoms. The van der Waals surface area contributed by atoms with Crippen molar-refractivity contribution in [2.45, 2.75) is 26.5 Å². The monoisotopic (exact) mass is 565 g/mol. The molecule has 1 aliphatic rings. The number of methoxy groups -OCH3 is 1. The minimum Gasteiger partial charge on any atom is -0.493 e. The Kier molecular flexibility index (Phi) is 8.13. The molecule has 0 saturated heterocycles. The van der Waals surface area contributed by atoms with Crippen LogP contribution in [0.15, 0.2) is 93.9 Å². The Morgan fingerprint density at radius 3 is 2.59 bits per heavy atom. The number of nitriles is 1. The summed E-state index contributed by atoms with van der Waals surface area (Å²) in [5.41, 5.74) is 3.45. The van der Waals surface area contributed by atoms with Crippen molar-refractivity contribution in [1.29, 1.82) is 5.26 Å². The fraction of sp³-hybridized carbons (Fsp3) is 0.188. The lowest BCUT2D eigenvalue weighted by atomic mass is 9.96. The van der Waals surface area contributed by atoms with Gasteiger partial charge in [0.2, 0.25) is 0 Å². The molecule has 5 rings (SSSR count). The third-order valence-corrected chi connectivity index (χ3v) is 7.62. The van der Waals surface area contributed by atoms with Crippen molar-refractivity contribution >= 4 is 23.4 Å². The van der Waals surface area contributed by atoms with E-state index in [4.69, 9.17) is 14.2 Å². The van der Waals surface area contributed by atoms with Crippen LogP contribution in [0.3, 0.4) is 0 Å². The highest BCUT2D eigenvalue weighted by Crippen LogP contribution is 2.31. The van der Waals surface area contributed by atoms with Gasteiger partial charge in [0.15, 0.2) is 16.3 Å². The Balaban J connectivity index is 1.53. The summed E-state index contributed by atoms with van der Waals surface area (Å²) in [6.07, 6.45) is 1.77. The molecule has 0 fully saturated rings. The summed E-state index contributed by atoms with van der Waals surface area (Å²) in [6, 6.07) is 23.6. The number of rotatable bonds is 8. The number of ether oxygens (including phenoxy) is 3. The van der Waals surface area contributed by atoms with E-state index in [2.05, 4.69) is 11.1 Å². The van der Waals surface area contributed by atoms with Crippen LogP contribution in [0.2, 0.25) is 0 Å². The molecular weight excluding hydrogens is 538 g/mol. The molecule has 0 N–H and O–H groups in total. The lowest BCUT2D eigenvalue weighted by Gasteiger charge is -2.24. The second-order valence-corrected chi connectivity index (χ2v) is 10.2. The Labute approximate surface area is 240 Å². The van der Waals surface area contributed by atoms with Crippen LogP contribution < -0.4 is 24.4 Å². The van der Waals surface area contributed by atoms with Crippen molar-refractivity contribution in [2.24, 2.45) is 4.99 Å². The maximum atomic E-state index is 13.8. The number of carbonyl (C=O) groups excluding carboxylic acids is 1. The molecular formula is C32H27N3O5S. The zero-order valence-corrected chi connectivity index (χ0v) is 23.6. The van der Waals surface area contributed by atoms with Crippen molar-refractivity contribution in [2.75, 3.05) is 13.7 Å². The number of carbonyl (C=O) groups is 1. The van der Waals surface area contributed by atoms with E-state index < -0.39 is 12.0 Å². The fourth-order valence-corrected chi connectivity index (χ4v) is 5.74. The second-order valence-electron chi connectivity index (χ2n) is 9.18. The average Bonchev–Trinajstić information content (AvgIpc) is 3.29. The molecule has 1 aromatic heterocycles. The predicted molar refractivity (Wildman–Crippen MR) is 155 cm³/mol. The fourth-order valence-electron chi connectivity index (χ4n) is 4.70. The van der Waals surface area contributed by atoms with Crippen molar-refractivity contribution < 1.29 is 19.0 Å². The smallest absolute Gasteiger partial charge is 0.338 e. The quantitative estimate of drug-likeness (QED) is 0.296. The molecule has 4 aromatic rings. The summed E-state index contributed by atoms with van der Waals surface area (Å²) in [5.74, 6) is 0.510. The van der Waals surface area contributed by atoms with Gasteiger partial charge in [-0.15, -0.1) is 0 Å². The van der Waals surface area contributed by atoms with Gasteiger partial charge in [-0.05, 0) is 49.2 Å². The minimum atomic E-state index is -0.657. The van der Waals surface area contributed by atoms with Crippen LogP contribution in [0.4, 0.5) is 0 Å². The SMILES string of the molecule is CCOC(=O)C1=C(C)N=c2s/c(=C\c3ccc(OCc4ccccc4C#N)c(OC)c3)c(=O)n2C1c1ccccc1. The molecule has 206 valence electrons. The van der Waals surface area contributed by atoms with E-state index in [1.165, 1.54) is 11.3 Å². The van der Waals surface area contributed by atoms with Gasteiger partial charge in [0, 0.05) is 5.56 Å². The van der Waals surface area contributed by atoms with Gasteiger partial charge in [-0.1, -0.05) is 65.9 Å². The van der Waals surface area contributed by atoms with E-state index in [-0.39, 0.29) is 18.8 Å². The highest BCUT2D eigenvalue weighted by molar-refractivity contribution is 7.07. The Hall–Kier alpha value is -4.94. The van der Waals surface area contributed by atoms with E-state index in [9.17, 15) is 14.9 Å². The molecule has 1 aliphatic heterocycles. The molecule has 41 heavy (non-hydrogen) atoms. The van der Waals surface area contributed by atoms with Crippen molar-refractivity contribution in [3.05, 3.63) is 126 Å². The maximum absolute atomic E-state index is 13.8. The number of nitrogens with zero attached hydrogens (tertiary/aromatic N) is 3. The number of hydrogen-bond acceptors (Lipinski definition) is 8. The molecule has 3 aromatic carbocycles. The number of esters is 1. The Bertz CT molecular complexity index is 1870. The lowest BCUT2D eigenvalue weighted by molar-refractivity contribution is -0.139. The molecule has 1 unspecified atom stereocenters. The maximum Gasteiger partial charge on any atom is 0.338 e. The van der Waals surface area contributed by atoms with Gasteiger partial charge >= 0.3 is 5.97 Å².